The molecule has 0 aliphatic heterocycles. The normalized spacial score (nSPS) is 11.9. The maximum absolute atomic E-state index is 11.5. The van der Waals surface area contributed by atoms with Crippen LogP contribution in [0.2, 0.25) is 0 Å². The van der Waals surface area contributed by atoms with E-state index in [4.69, 9.17) is 10.9 Å². The summed E-state index contributed by atoms with van der Waals surface area (Å²) < 4.78 is 24.7. The average molecular weight is 371 g/mol. The Kier molecular flexibility index (Phi) is 3.57. The van der Waals surface area contributed by atoms with Gasteiger partial charge in [-0.3, -0.25) is 0 Å². The number of benzene rings is 1. The summed E-state index contributed by atoms with van der Waals surface area (Å²) in [5, 5.41) is 12.1. The Bertz CT molecular complexity index is 1180. The molecule has 1 aromatic carbocycles. The standard InChI is InChI=1S/C16H13N5O2S2/c17-16-19-12(9-24-16)15-14(13-3-1-2-8-21(13)20-15)10-4-6-11(7-5-10)25(18,22)23/h1-9H,(H2,17,19)(H2,18,22,23). The van der Waals surface area contributed by atoms with Gasteiger partial charge in [0.25, 0.3) is 0 Å². The number of nitrogens with zero attached hydrogens (tertiary/aromatic N) is 3. The minimum Gasteiger partial charge on any atom is -0.375 e. The lowest BCUT2D eigenvalue weighted by Crippen LogP contribution is -2.11. The van der Waals surface area contributed by atoms with Gasteiger partial charge < -0.3 is 5.73 Å². The molecule has 9 heteroatoms. The molecule has 0 fully saturated rings. The van der Waals surface area contributed by atoms with E-state index in [1.54, 1.807) is 16.6 Å². The van der Waals surface area contributed by atoms with Crippen LogP contribution in [-0.2, 0) is 10.0 Å². The highest BCUT2D eigenvalue weighted by Gasteiger charge is 2.19. The van der Waals surface area contributed by atoms with Gasteiger partial charge in [0.05, 0.1) is 10.4 Å². The van der Waals surface area contributed by atoms with E-state index < -0.39 is 10.0 Å². The van der Waals surface area contributed by atoms with E-state index >= 15 is 0 Å². The molecule has 3 aromatic heterocycles. The van der Waals surface area contributed by atoms with Gasteiger partial charge >= 0.3 is 0 Å². The van der Waals surface area contributed by atoms with Crippen molar-refractivity contribution in [2.45, 2.75) is 4.90 Å². The quantitative estimate of drug-likeness (QED) is 0.573. The summed E-state index contributed by atoms with van der Waals surface area (Å²) in [6, 6.07) is 12.1. The molecule has 126 valence electrons. The van der Waals surface area contributed by atoms with Crippen LogP contribution in [0.3, 0.4) is 0 Å². The Labute approximate surface area is 147 Å². The first-order valence-corrected chi connectivity index (χ1v) is 9.68. The van der Waals surface area contributed by atoms with Gasteiger partial charge in [-0.25, -0.2) is 23.1 Å². The summed E-state index contributed by atoms with van der Waals surface area (Å²) >= 11 is 1.34. The zero-order chi connectivity index (χ0) is 17.6. The van der Waals surface area contributed by atoms with Crippen molar-refractivity contribution < 1.29 is 8.42 Å². The van der Waals surface area contributed by atoms with Crippen LogP contribution in [-0.4, -0.2) is 23.0 Å². The monoisotopic (exact) mass is 371 g/mol. The van der Waals surface area contributed by atoms with Crippen LogP contribution < -0.4 is 10.9 Å². The van der Waals surface area contributed by atoms with Crippen LogP contribution >= 0.6 is 11.3 Å². The summed E-state index contributed by atoms with van der Waals surface area (Å²) in [6.45, 7) is 0. The van der Waals surface area contributed by atoms with Crippen molar-refractivity contribution in [3.8, 4) is 22.5 Å². The number of rotatable bonds is 3. The summed E-state index contributed by atoms with van der Waals surface area (Å²) in [7, 11) is -3.74. The molecule has 0 aliphatic carbocycles. The summed E-state index contributed by atoms with van der Waals surface area (Å²) in [4.78, 5) is 4.39. The van der Waals surface area contributed by atoms with Crippen molar-refractivity contribution in [1.82, 2.24) is 14.6 Å². The molecule has 0 atom stereocenters. The van der Waals surface area contributed by atoms with Crippen molar-refractivity contribution in [3.05, 3.63) is 54.0 Å². The van der Waals surface area contributed by atoms with E-state index in [2.05, 4.69) is 10.1 Å². The zero-order valence-corrected chi connectivity index (χ0v) is 14.5. The number of primary sulfonamides is 1. The second-order valence-corrected chi connectivity index (χ2v) is 7.85. The molecule has 7 nitrogen and oxygen atoms in total. The number of fused-ring (bicyclic) bond motifs is 1. The van der Waals surface area contributed by atoms with Gasteiger partial charge in [-0.15, -0.1) is 11.3 Å². The van der Waals surface area contributed by atoms with E-state index in [0.29, 0.717) is 16.5 Å². The molecular weight excluding hydrogens is 358 g/mol. The first-order valence-electron chi connectivity index (χ1n) is 7.25. The van der Waals surface area contributed by atoms with Crippen molar-refractivity contribution in [2.75, 3.05) is 5.73 Å². The van der Waals surface area contributed by atoms with Crippen LogP contribution in [0.25, 0.3) is 28.0 Å². The molecule has 0 saturated heterocycles. The van der Waals surface area contributed by atoms with Crippen LogP contribution in [0, 0.1) is 0 Å². The predicted molar refractivity (Wildman–Crippen MR) is 97.5 cm³/mol. The van der Waals surface area contributed by atoms with Crippen molar-refractivity contribution in [3.63, 3.8) is 0 Å². The van der Waals surface area contributed by atoms with Crippen LogP contribution in [0.1, 0.15) is 0 Å². The van der Waals surface area contributed by atoms with Crippen LogP contribution in [0.4, 0.5) is 5.13 Å². The summed E-state index contributed by atoms with van der Waals surface area (Å²) in [5.74, 6) is 0. The predicted octanol–water partition coefficient (Wildman–Crippen LogP) is 2.35. The molecule has 4 N–H and O–H groups in total. The highest BCUT2D eigenvalue weighted by atomic mass is 32.2. The number of anilines is 1. The molecule has 0 bridgehead atoms. The second kappa shape index (κ2) is 5.66. The minimum absolute atomic E-state index is 0.0622. The lowest BCUT2D eigenvalue weighted by Gasteiger charge is -2.04. The zero-order valence-electron chi connectivity index (χ0n) is 12.8. The number of aromatic nitrogens is 3. The van der Waals surface area contributed by atoms with Gasteiger partial charge in [-0.1, -0.05) is 18.2 Å². The van der Waals surface area contributed by atoms with Gasteiger partial charge in [0.2, 0.25) is 10.0 Å². The molecule has 4 aromatic rings. The van der Waals surface area contributed by atoms with E-state index in [1.165, 1.54) is 23.5 Å². The smallest absolute Gasteiger partial charge is 0.238 e. The number of nitrogen functional groups attached to an aromatic ring is 1. The summed E-state index contributed by atoms with van der Waals surface area (Å²) in [6.07, 6.45) is 1.84. The Morgan fingerprint density at radius 1 is 1.08 bits per heavy atom. The van der Waals surface area contributed by atoms with E-state index in [0.717, 1.165) is 16.6 Å². The molecule has 0 unspecified atom stereocenters. The topological polar surface area (TPSA) is 116 Å². The molecular formula is C16H13N5O2S2. The SMILES string of the molecule is Nc1nc(-c2nn3ccccc3c2-c2ccc(S(N)(=O)=O)cc2)cs1. The maximum atomic E-state index is 11.5. The highest BCUT2D eigenvalue weighted by Crippen LogP contribution is 2.36. The Hall–Kier alpha value is -2.75. The molecule has 0 amide bonds. The van der Waals surface area contributed by atoms with Gasteiger partial charge in [0.15, 0.2) is 5.13 Å². The Morgan fingerprint density at radius 2 is 1.84 bits per heavy atom. The highest BCUT2D eigenvalue weighted by molar-refractivity contribution is 7.89. The average Bonchev–Trinajstić information content (AvgIpc) is 3.17. The van der Waals surface area contributed by atoms with E-state index in [-0.39, 0.29) is 4.90 Å². The fraction of sp³-hybridized carbons (Fsp3) is 0. The molecule has 0 radical (unpaired) electrons. The van der Waals surface area contributed by atoms with Crippen LogP contribution in [0.15, 0.2) is 58.9 Å². The first-order chi connectivity index (χ1) is 11.9. The molecule has 4 rings (SSSR count). The molecule has 0 spiro atoms. The van der Waals surface area contributed by atoms with Crippen LogP contribution in [0.5, 0.6) is 0 Å². The number of nitrogens with two attached hydrogens (primary N) is 2. The van der Waals surface area contributed by atoms with Gasteiger partial charge in [-0.2, -0.15) is 5.10 Å². The fourth-order valence-electron chi connectivity index (χ4n) is 2.67. The Morgan fingerprint density at radius 3 is 2.48 bits per heavy atom. The first kappa shape index (κ1) is 15.8. The van der Waals surface area contributed by atoms with Gasteiger partial charge in [0.1, 0.15) is 11.4 Å². The summed E-state index contributed by atoms with van der Waals surface area (Å²) in [5.41, 5.74) is 9.67. The van der Waals surface area contributed by atoms with Crippen molar-refractivity contribution in [2.24, 2.45) is 5.14 Å². The second-order valence-electron chi connectivity index (χ2n) is 5.39. The number of sulfonamides is 1. The van der Waals surface area contributed by atoms with Crippen molar-refractivity contribution >= 4 is 32.0 Å². The third kappa shape index (κ3) is 2.78. The lowest BCUT2D eigenvalue weighted by molar-refractivity contribution is 0.598. The van der Waals surface area contributed by atoms with Gasteiger partial charge in [-0.05, 0) is 29.8 Å². The van der Waals surface area contributed by atoms with Crippen molar-refractivity contribution in [1.29, 1.82) is 0 Å². The fourth-order valence-corrected chi connectivity index (χ4v) is 3.73. The molecule has 0 saturated carbocycles. The Balaban J connectivity index is 1.97. The minimum atomic E-state index is -3.74. The van der Waals surface area contributed by atoms with E-state index in [1.807, 2.05) is 29.8 Å². The number of pyridine rings is 1. The largest absolute Gasteiger partial charge is 0.375 e. The number of hydrogen-bond donors (Lipinski definition) is 2. The maximum Gasteiger partial charge on any atom is 0.238 e. The molecule has 3 heterocycles. The molecule has 0 aliphatic rings. The number of hydrogen-bond acceptors (Lipinski definition) is 6. The van der Waals surface area contributed by atoms with E-state index in [9.17, 15) is 8.42 Å². The van der Waals surface area contributed by atoms with Gasteiger partial charge in [0, 0.05) is 17.1 Å². The third-order valence-corrected chi connectivity index (χ3v) is 5.38. The molecule has 25 heavy (non-hydrogen) atoms. The third-order valence-electron chi connectivity index (χ3n) is 3.78. The number of thiazole rings is 1. The lowest BCUT2D eigenvalue weighted by atomic mass is 10.0.